The van der Waals surface area contributed by atoms with E-state index in [0.29, 0.717) is 29.2 Å². The van der Waals surface area contributed by atoms with Crippen LogP contribution in [0.5, 0.6) is 5.75 Å². The van der Waals surface area contributed by atoms with Crippen molar-refractivity contribution in [3.8, 4) is 5.75 Å². The lowest BCUT2D eigenvalue weighted by molar-refractivity contribution is -0.124. The van der Waals surface area contributed by atoms with Gasteiger partial charge >= 0.3 is 0 Å². The molecule has 3 rings (SSSR count). The first-order valence-electron chi connectivity index (χ1n) is 7.46. The first-order valence-corrected chi connectivity index (χ1v) is 7.87. The summed E-state index contributed by atoms with van der Waals surface area (Å²) in [6, 6.07) is 7.62. The summed E-state index contributed by atoms with van der Waals surface area (Å²) in [7, 11) is 0. The Hall–Kier alpha value is -1.62. The average molecular weight is 304 g/mol. The van der Waals surface area contributed by atoms with E-state index in [4.69, 9.17) is 22.7 Å². The number of para-hydroxylation sites is 1. The fourth-order valence-electron chi connectivity index (χ4n) is 2.70. The lowest BCUT2D eigenvalue weighted by Gasteiger charge is -2.18. The van der Waals surface area contributed by atoms with E-state index in [-0.39, 0.29) is 17.5 Å². The molecule has 21 heavy (non-hydrogen) atoms. The molecule has 0 heterocycles. The number of rotatable bonds is 7. The van der Waals surface area contributed by atoms with Gasteiger partial charge in [0, 0.05) is 6.04 Å². The van der Waals surface area contributed by atoms with Gasteiger partial charge in [0.1, 0.15) is 10.7 Å². The minimum Gasteiger partial charge on any atom is -0.483 e. The number of hydrogen-bond donors (Lipinski definition) is 2. The molecule has 0 saturated heterocycles. The number of ether oxygens (including phenoxy) is 1. The minimum absolute atomic E-state index is 0.00949. The van der Waals surface area contributed by atoms with Gasteiger partial charge in [0.05, 0.1) is 5.56 Å². The van der Waals surface area contributed by atoms with Gasteiger partial charge in [0.2, 0.25) is 0 Å². The standard InChI is InChI=1S/C16H20N2O2S/c17-16(21)12-3-1-2-4-13(12)20-9-14(19)18-15(10-5-6-10)11-7-8-11/h1-4,10-11,15H,5-9H2,(H2,17,21)(H,18,19). The second-order valence-electron chi connectivity index (χ2n) is 5.92. The summed E-state index contributed by atoms with van der Waals surface area (Å²) < 4.78 is 5.58. The quantitative estimate of drug-likeness (QED) is 0.756. The molecule has 0 spiro atoms. The Kier molecular flexibility index (Phi) is 4.10. The van der Waals surface area contributed by atoms with Gasteiger partial charge in [-0.15, -0.1) is 0 Å². The molecule has 0 atom stereocenters. The number of carbonyl (C=O) groups is 1. The number of nitrogens with one attached hydrogen (secondary N) is 1. The van der Waals surface area contributed by atoms with Crippen LogP contribution in [0.25, 0.3) is 0 Å². The van der Waals surface area contributed by atoms with Crippen LogP contribution in [0.3, 0.4) is 0 Å². The minimum atomic E-state index is -0.0588. The molecule has 2 fully saturated rings. The molecule has 5 heteroatoms. The van der Waals surface area contributed by atoms with Gasteiger partial charge in [-0.25, -0.2) is 0 Å². The molecule has 112 valence electrons. The van der Waals surface area contributed by atoms with Crippen molar-refractivity contribution in [3.05, 3.63) is 29.8 Å². The molecule has 1 aromatic carbocycles. The zero-order chi connectivity index (χ0) is 14.8. The van der Waals surface area contributed by atoms with Crippen molar-refractivity contribution in [2.75, 3.05) is 6.61 Å². The predicted octanol–water partition coefficient (Wildman–Crippen LogP) is 2.00. The molecular formula is C16H20N2O2S. The maximum absolute atomic E-state index is 12.1. The molecule has 0 radical (unpaired) electrons. The highest BCUT2D eigenvalue weighted by molar-refractivity contribution is 7.80. The van der Waals surface area contributed by atoms with E-state index in [9.17, 15) is 4.79 Å². The third kappa shape index (κ3) is 3.73. The number of thiocarbonyl (C=S) groups is 1. The molecule has 0 bridgehead atoms. The van der Waals surface area contributed by atoms with Gasteiger partial charge in [-0.1, -0.05) is 24.4 Å². The number of carbonyl (C=O) groups excluding carboxylic acids is 1. The Balaban J connectivity index is 1.54. The highest BCUT2D eigenvalue weighted by Gasteiger charge is 2.42. The second kappa shape index (κ2) is 6.02. The smallest absolute Gasteiger partial charge is 0.258 e. The van der Waals surface area contributed by atoms with Crippen molar-refractivity contribution in [1.82, 2.24) is 5.32 Å². The summed E-state index contributed by atoms with van der Waals surface area (Å²) in [6.45, 7) is 0.00949. The van der Waals surface area contributed by atoms with Crippen LogP contribution in [0.15, 0.2) is 24.3 Å². The van der Waals surface area contributed by atoms with Gasteiger partial charge in [-0.2, -0.15) is 0 Å². The van der Waals surface area contributed by atoms with Crippen LogP contribution in [-0.2, 0) is 4.79 Å². The molecule has 1 aromatic rings. The van der Waals surface area contributed by atoms with Crippen LogP contribution in [0.4, 0.5) is 0 Å². The zero-order valence-electron chi connectivity index (χ0n) is 11.9. The topological polar surface area (TPSA) is 64.3 Å². The van der Waals surface area contributed by atoms with Gasteiger partial charge in [0.15, 0.2) is 6.61 Å². The number of nitrogens with two attached hydrogens (primary N) is 1. The molecule has 1 amide bonds. The lowest BCUT2D eigenvalue weighted by Crippen LogP contribution is -2.40. The fraction of sp³-hybridized carbons (Fsp3) is 0.500. The molecule has 2 aliphatic carbocycles. The van der Waals surface area contributed by atoms with Crippen LogP contribution in [0.1, 0.15) is 31.2 Å². The van der Waals surface area contributed by atoms with Crippen LogP contribution in [-0.4, -0.2) is 23.5 Å². The SMILES string of the molecule is NC(=S)c1ccccc1OCC(=O)NC(C1CC1)C1CC1. The normalized spacial score (nSPS) is 17.6. The van der Waals surface area contributed by atoms with Gasteiger partial charge in [-0.05, 0) is 49.7 Å². The van der Waals surface area contributed by atoms with E-state index in [2.05, 4.69) is 5.32 Å². The van der Waals surface area contributed by atoms with Crippen LogP contribution < -0.4 is 15.8 Å². The zero-order valence-corrected chi connectivity index (χ0v) is 12.7. The molecule has 2 saturated carbocycles. The number of amides is 1. The van der Waals surface area contributed by atoms with Gasteiger partial charge in [0.25, 0.3) is 5.91 Å². The monoisotopic (exact) mass is 304 g/mol. The van der Waals surface area contributed by atoms with E-state index in [1.807, 2.05) is 12.1 Å². The second-order valence-corrected chi connectivity index (χ2v) is 6.36. The summed E-state index contributed by atoms with van der Waals surface area (Å²) in [5, 5.41) is 3.13. The van der Waals surface area contributed by atoms with Crippen molar-refractivity contribution in [2.24, 2.45) is 17.6 Å². The van der Waals surface area contributed by atoms with E-state index in [1.165, 1.54) is 25.7 Å². The van der Waals surface area contributed by atoms with E-state index < -0.39 is 0 Å². The lowest BCUT2D eigenvalue weighted by atomic mass is 10.1. The van der Waals surface area contributed by atoms with Crippen molar-refractivity contribution < 1.29 is 9.53 Å². The van der Waals surface area contributed by atoms with Crippen LogP contribution in [0, 0.1) is 11.8 Å². The Labute approximate surface area is 130 Å². The summed E-state index contributed by atoms with van der Waals surface area (Å²) >= 11 is 4.98. The van der Waals surface area contributed by atoms with Crippen LogP contribution in [0.2, 0.25) is 0 Å². The van der Waals surface area contributed by atoms with E-state index in [1.54, 1.807) is 12.1 Å². The first-order chi connectivity index (χ1) is 10.1. The summed E-state index contributed by atoms with van der Waals surface area (Å²) in [5.41, 5.74) is 6.32. The third-order valence-electron chi connectivity index (χ3n) is 4.10. The summed E-state index contributed by atoms with van der Waals surface area (Å²) in [4.78, 5) is 12.3. The van der Waals surface area contributed by atoms with Crippen molar-refractivity contribution in [3.63, 3.8) is 0 Å². The highest BCUT2D eigenvalue weighted by atomic mass is 32.1. The summed E-state index contributed by atoms with van der Waals surface area (Å²) in [6.07, 6.45) is 4.97. The molecule has 0 aromatic heterocycles. The summed E-state index contributed by atoms with van der Waals surface area (Å²) in [5.74, 6) is 1.88. The predicted molar refractivity (Wildman–Crippen MR) is 85.2 cm³/mol. The molecular weight excluding hydrogens is 284 g/mol. The van der Waals surface area contributed by atoms with Gasteiger partial charge < -0.3 is 15.8 Å². The van der Waals surface area contributed by atoms with Crippen molar-refractivity contribution in [1.29, 1.82) is 0 Å². The average Bonchev–Trinajstić information content (AvgIpc) is 3.36. The molecule has 3 N–H and O–H groups in total. The van der Waals surface area contributed by atoms with E-state index in [0.717, 1.165) is 0 Å². The highest BCUT2D eigenvalue weighted by Crippen LogP contribution is 2.44. The number of benzene rings is 1. The van der Waals surface area contributed by atoms with Crippen LogP contribution >= 0.6 is 12.2 Å². The maximum Gasteiger partial charge on any atom is 0.258 e. The Morgan fingerprint density at radius 1 is 1.29 bits per heavy atom. The Morgan fingerprint density at radius 3 is 2.48 bits per heavy atom. The molecule has 0 unspecified atom stereocenters. The Bertz CT molecular complexity index is 541. The Morgan fingerprint density at radius 2 is 1.90 bits per heavy atom. The first kappa shape index (κ1) is 14.3. The number of hydrogen-bond acceptors (Lipinski definition) is 3. The third-order valence-corrected chi connectivity index (χ3v) is 4.32. The fourth-order valence-corrected chi connectivity index (χ4v) is 2.87. The maximum atomic E-state index is 12.1. The van der Waals surface area contributed by atoms with Gasteiger partial charge in [-0.3, -0.25) is 4.79 Å². The molecule has 2 aliphatic rings. The largest absolute Gasteiger partial charge is 0.483 e. The van der Waals surface area contributed by atoms with Crippen molar-refractivity contribution in [2.45, 2.75) is 31.7 Å². The molecule has 4 nitrogen and oxygen atoms in total. The molecule has 0 aliphatic heterocycles. The van der Waals surface area contributed by atoms with Crippen molar-refractivity contribution >= 4 is 23.1 Å². The van der Waals surface area contributed by atoms with E-state index >= 15 is 0 Å².